The van der Waals surface area contributed by atoms with Crippen LogP contribution < -0.4 is 15.4 Å². The lowest BCUT2D eigenvalue weighted by Crippen LogP contribution is -2.46. The average molecular weight is 439 g/mol. The summed E-state index contributed by atoms with van der Waals surface area (Å²) in [4.78, 5) is 41.5. The van der Waals surface area contributed by atoms with Crippen LogP contribution in [0.4, 0.5) is 10.8 Å². The average Bonchev–Trinajstić information content (AvgIpc) is 3.26. The van der Waals surface area contributed by atoms with Crippen molar-refractivity contribution in [1.82, 2.24) is 19.4 Å². The molecule has 0 unspecified atom stereocenters. The molecule has 2 aliphatic heterocycles. The first-order valence-corrected chi connectivity index (χ1v) is 11.7. The van der Waals surface area contributed by atoms with Crippen LogP contribution in [0.3, 0.4) is 0 Å². The predicted molar refractivity (Wildman–Crippen MR) is 123 cm³/mol. The van der Waals surface area contributed by atoms with Crippen molar-refractivity contribution in [3.63, 3.8) is 0 Å². The second kappa shape index (κ2) is 8.39. The molecular formula is C22H26N6O2S. The molecule has 4 heterocycles. The van der Waals surface area contributed by atoms with Gasteiger partial charge in [0, 0.05) is 38.4 Å². The van der Waals surface area contributed by atoms with Crippen LogP contribution in [-0.4, -0.2) is 64.6 Å². The number of aromatic nitrogens is 3. The van der Waals surface area contributed by atoms with E-state index < -0.39 is 0 Å². The number of hydrogen-bond acceptors (Lipinski definition) is 7. The third kappa shape index (κ3) is 3.83. The molecule has 0 aliphatic carbocycles. The van der Waals surface area contributed by atoms with Crippen molar-refractivity contribution in [1.29, 1.82) is 0 Å². The topological polar surface area (TPSA) is 74.6 Å². The van der Waals surface area contributed by atoms with Crippen LogP contribution in [0.1, 0.15) is 18.9 Å². The van der Waals surface area contributed by atoms with Crippen LogP contribution in [0, 0.1) is 0 Å². The summed E-state index contributed by atoms with van der Waals surface area (Å²) in [6.45, 7) is 7.67. The number of rotatable bonds is 4. The van der Waals surface area contributed by atoms with Crippen LogP contribution in [-0.2, 0) is 17.8 Å². The minimum absolute atomic E-state index is 0.0154. The standard InChI is InChI=1S/C22H26N6O2S/c1-2-25-10-12-26(13-11-25)22-24-20-19(31-22)21(30)27(15-23-20)14-18(29)28-9-5-7-16-6-3-4-8-17(16)28/h3-4,6,8,15H,2,5,7,9-14H2,1H3. The maximum absolute atomic E-state index is 13.1. The van der Waals surface area contributed by atoms with E-state index in [4.69, 9.17) is 0 Å². The molecule has 8 nitrogen and oxygen atoms in total. The summed E-state index contributed by atoms with van der Waals surface area (Å²) >= 11 is 1.38. The Morgan fingerprint density at radius 3 is 2.74 bits per heavy atom. The second-order valence-electron chi connectivity index (χ2n) is 8.03. The molecule has 1 fully saturated rings. The maximum atomic E-state index is 13.1. The molecule has 2 aromatic heterocycles. The van der Waals surface area contributed by atoms with Gasteiger partial charge in [0.05, 0.1) is 0 Å². The number of nitrogens with zero attached hydrogens (tertiary/aromatic N) is 6. The lowest BCUT2D eigenvalue weighted by atomic mass is 10.0. The molecule has 162 valence electrons. The third-order valence-corrected chi connectivity index (χ3v) is 7.27. The molecular weight excluding hydrogens is 412 g/mol. The number of fused-ring (bicyclic) bond motifs is 2. The molecule has 0 saturated carbocycles. The van der Waals surface area contributed by atoms with Gasteiger partial charge in [0.2, 0.25) is 5.91 Å². The Kier molecular flexibility index (Phi) is 5.45. The van der Waals surface area contributed by atoms with Gasteiger partial charge in [-0.05, 0) is 31.0 Å². The Hall–Kier alpha value is -2.78. The fourth-order valence-electron chi connectivity index (χ4n) is 4.36. The summed E-state index contributed by atoms with van der Waals surface area (Å²) in [5.74, 6) is -0.0872. The number of piperazine rings is 1. The van der Waals surface area contributed by atoms with Gasteiger partial charge >= 0.3 is 0 Å². The Bertz CT molecular complexity index is 1160. The molecule has 0 bridgehead atoms. The zero-order valence-electron chi connectivity index (χ0n) is 17.7. The van der Waals surface area contributed by atoms with E-state index in [1.54, 1.807) is 4.90 Å². The van der Waals surface area contributed by atoms with E-state index in [1.807, 2.05) is 18.2 Å². The molecule has 5 rings (SSSR count). The molecule has 31 heavy (non-hydrogen) atoms. The van der Waals surface area contributed by atoms with E-state index in [9.17, 15) is 9.59 Å². The number of para-hydroxylation sites is 1. The smallest absolute Gasteiger partial charge is 0.273 e. The van der Waals surface area contributed by atoms with Crippen molar-refractivity contribution in [3.05, 3.63) is 46.5 Å². The highest BCUT2D eigenvalue weighted by Gasteiger charge is 2.24. The molecule has 2 aliphatic rings. The Labute approximate surface area is 184 Å². The van der Waals surface area contributed by atoms with Crippen LogP contribution in [0.2, 0.25) is 0 Å². The number of aryl methyl sites for hydroxylation is 1. The number of thiazole rings is 1. The van der Waals surface area contributed by atoms with Gasteiger partial charge in [-0.1, -0.05) is 36.5 Å². The van der Waals surface area contributed by atoms with E-state index in [1.165, 1.54) is 27.8 Å². The zero-order valence-corrected chi connectivity index (χ0v) is 18.5. The Morgan fingerprint density at radius 1 is 1.13 bits per heavy atom. The van der Waals surface area contributed by atoms with Crippen molar-refractivity contribution in [3.8, 4) is 0 Å². The molecule has 0 spiro atoms. The van der Waals surface area contributed by atoms with Crippen molar-refractivity contribution >= 4 is 38.4 Å². The number of anilines is 2. The number of benzene rings is 1. The first kappa shape index (κ1) is 20.1. The van der Waals surface area contributed by atoms with Gasteiger partial charge < -0.3 is 14.7 Å². The molecule has 0 N–H and O–H groups in total. The normalized spacial score (nSPS) is 17.2. The minimum Gasteiger partial charge on any atom is -0.345 e. The predicted octanol–water partition coefficient (Wildman–Crippen LogP) is 1.97. The number of carbonyl (C=O) groups is 1. The largest absolute Gasteiger partial charge is 0.345 e. The van der Waals surface area contributed by atoms with E-state index in [2.05, 4.69) is 32.8 Å². The summed E-state index contributed by atoms with van der Waals surface area (Å²) < 4.78 is 1.93. The van der Waals surface area contributed by atoms with Crippen molar-refractivity contribution < 1.29 is 4.79 Å². The highest BCUT2D eigenvalue weighted by Crippen LogP contribution is 2.28. The second-order valence-corrected chi connectivity index (χ2v) is 9.00. The molecule has 1 aromatic carbocycles. The highest BCUT2D eigenvalue weighted by atomic mass is 32.1. The first-order valence-electron chi connectivity index (χ1n) is 10.9. The van der Waals surface area contributed by atoms with Gasteiger partial charge in [-0.15, -0.1) is 0 Å². The number of carbonyl (C=O) groups excluding carboxylic acids is 1. The van der Waals surface area contributed by atoms with Gasteiger partial charge in [0.1, 0.15) is 17.6 Å². The number of amides is 1. The van der Waals surface area contributed by atoms with Crippen molar-refractivity contribution in [2.45, 2.75) is 26.3 Å². The summed E-state index contributed by atoms with van der Waals surface area (Å²) in [5.41, 5.74) is 2.40. The van der Waals surface area contributed by atoms with Crippen LogP contribution in [0.15, 0.2) is 35.4 Å². The molecule has 0 atom stereocenters. The molecule has 3 aromatic rings. The van der Waals surface area contributed by atoms with E-state index in [-0.39, 0.29) is 18.0 Å². The van der Waals surface area contributed by atoms with E-state index in [0.717, 1.165) is 56.4 Å². The number of likely N-dealkylation sites (N-methyl/N-ethyl adjacent to an activating group) is 1. The summed E-state index contributed by atoms with van der Waals surface area (Å²) in [7, 11) is 0. The Morgan fingerprint density at radius 2 is 1.94 bits per heavy atom. The SMILES string of the molecule is CCN1CCN(c2nc3ncn(CC(=O)N4CCCc5ccccc54)c(=O)c3s2)CC1. The fraction of sp³-hybridized carbons (Fsp3) is 0.455. The quantitative estimate of drug-likeness (QED) is 0.620. The van der Waals surface area contributed by atoms with E-state index in [0.29, 0.717) is 16.9 Å². The minimum atomic E-state index is -0.195. The molecule has 9 heteroatoms. The fourth-order valence-corrected chi connectivity index (χ4v) is 5.38. The van der Waals surface area contributed by atoms with Gasteiger partial charge in [0.25, 0.3) is 5.56 Å². The maximum Gasteiger partial charge on any atom is 0.273 e. The lowest BCUT2D eigenvalue weighted by Gasteiger charge is -2.33. The monoisotopic (exact) mass is 438 g/mol. The summed E-state index contributed by atoms with van der Waals surface area (Å²) in [6.07, 6.45) is 3.36. The summed E-state index contributed by atoms with van der Waals surface area (Å²) in [6, 6.07) is 7.99. The van der Waals surface area contributed by atoms with Crippen molar-refractivity contribution in [2.75, 3.05) is 49.1 Å². The van der Waals surface area contributed by atoms with Crippen molar-refractivity contribution in [2.24, 2.45) is 0 Å². The molecule has 0 radical (unpaired) electrons. The van der Waals surface area contributed by atoms with Gasteiger partial charge in [-0.25, -0.2) is 4.98 Å². The van der Waals surface area contributed by atoms with Gasteiger partial charge in [-0.2, -0.15) is 4.98 Å². The number of hydrogen-bond donors (Lipinski definition) is 0. The zero-order chi connectivity index (χ0) is 21.4. The third-order valence-electron chi connectivity index (χ3n) is 6.18. The van der Waals surface area contributed by atoms with Crippen LogP contribution >= 0.6 is 11.3 Å². The van der Waals surface area contributed by atoms with Crippen LogP contribution in [0.5, 0.6) is 0 Å². The molecule has 1 saturated heterocycles. The lowest BCUT2D eigenvalue weighted by molar-refractivity contribution is -0.119. The van der Waals surface area contributed by atoms with E-state index >= 15 is 0 Å². The molecule has 1 amide bonds. The van der Waals surface area contributed by atoms with Crippen LogP contribution in [0.25, 0.3) is 10.3 Å². The van der Waals surface area contributed by atoms with Gasteiger partial charge in [-0.3, -0.25) is 14.2 Å². The van der Waals surface area contributed by atoms with Gasteiger partial charge in [0.15, 0.2) is 10.8 Å². The Balaban J connectivity index is 1.37. The first-order chi connectivity index (χ1) is 15.1. The summed E-state index contributed by atoms with van der Waals surface area (Å²) in [5, 5.41) is 0.837. The highest BCUT2D eigenvalue weighted by molar-refractivity contribution is 7.22.